The monoisotopic (exact) mass is 348 g/mol. The summed E-state index contributed by atoms with van der Waals surface area (Å²) in [7, 11) is 12.5. The van der Waals surface area contributed by atoms with Gasteiger partial charge in [-0.05, 0) is 0 Å². The Morgan fingerprint density at radius 2 is 1.29 bits per heavy atom. The summed E-state index contributed by atoms with van der Waals surface area (Å²) in [5.74, 6) is 0. The molecule has 0 aliphatic carbocycles. The van der Waals surface area contributed by atoms with Gasteiger partial charge in [0.25, 0.3) is 0 Å². The second-order valence-corrected chi connectivity index (χ2v) is 21.9. The first-order valence-electron chi connectivity index (χ1n) is 4.91. The first-order valence-corrected chi connectivity index (χ1v) is 16.2. The van der Waals surface area contributed by atoms with Crippen LogP contribution < -0.4 is 0 Å². The van der Waals surface area contributed by atoms with Crippen molar-refractivity contribution >= 4 is 40.1 Å². The third kappa shape index (κ3) is 15.2. The molecule has 14 heavy (non-hydrogen) atoms. The quantitative estimate of drug-likeness (QED) is 0.682. The molecule has 2 nitrogen and oxygen atoms in total. The molecule has 0 radical (unpaired) electrons. The molecule has 0 N–H and O–H groups in total. The molecular formula is C9H18Cl2O2Sn. The van der Waals surface area contributed by atoms with Crippen LogP contribution in [0, 0.1) is 0 Å². The zero-order chi connectivity index (χ0) is 11.4. The van der Waals surface area contributed by atoms with Gasteiger partial charge >= 0.3 is 88.5 Å². The van der Waals surface area contributed by atoms with Gasteiger partial charge in [-0.25, -0.2) is 0 Å². The number of hydrogen-bond donors (Lipinski definition) is 0. The fourth-order valence-electron chi connectivity index (χ4n) is 0.996. The first kappa shape index (κ1) is 17.2. The average Bonchev–Trinajstić information content (AvgIpc) is 2.13. The van der Waals surface area contributed by atoms with E-state index in [1.807, 2.05) is 0 Å². The Morgan fingerprint density at radius 1 is 1.00 bits per heavy atom. The van der Waals surface area contributed by atoms with E-state index >= 15 is 0 Å². The molecule has 0 saturated carbocycles. The molecule has 5 heteroatoms. The Bertz CT molecular complexity index is 147. The van der Waals surface area contributed by atoms with Gasteiger partial charge in [-0.1, -0.05) is 0 Å². The summed E-state index contributed by atoms with van der Waals surface area (Å²) < 4.78 is 2.29. The third-order valence-corrected chi connectivity index (χ3v) is 13.1. The van der Waals surface area contributed by atoms with Crippen molar-refractivity contribution < 1.29 is 9.59 Å². The predicted molar refractivity (Wildman–Crippen MR) is 61.9 cm³/mol. The number of unbranched alkanes of at least 4 members (excludes halogenated alkanes) is 2. The van der Waals surface area contributed by atoms with Crippen molar-refractivity contribution in [2.24, 2.45) is 0 Å². The van der Waals surface area contributed by atoms with Gasteiger partial charge in [0, 0.05) is 0 Å². The van der Waals surface area contributed by atoms with Gasteiger partial charge in [-0.2, -0.15) is 9.59 Å². The Kier molecular flexibility index (Phi) is 14.5. The minimum absolute atomic E-state index is 0.250. The topological polar surface area (TPSA) is 34.1 Å². The van der Waals surface area contributed by atoms with Crippen LogP contribution in [0.25, 0.3) is 0 Å². The van der Waals surface area contributed by atoms with Crippen LogP contribution in [0.3, 0.4) is 0 Å². The summed E-state index contributed by atoms with van der Waals surface area (Å²) in [4.78, 5) is 16.2. The van der Waals surface area contributed by atoms with Crippen molar-refractivity contribution in [2.75, 3.05) is 0 Å². The summed E-state index contributed by atoms with van der Waals surface area (Å²) in [5.41, 5.74) is 0. The van der Waals surface area contributed by atoms with E-state index in [2.05, 4.69) is 13.8 Å². The third-order valence-electron chi connectivity index (χ3n) is 1.79. The minimum Gasteiger partial charge on any atom is -0.186 e. The second kappa shape index (κ2) is 11.8. The van der Waals surface area contributed by atoms with E-state index in [9.17, 15) is 0 Å². The number of carbonyl (C=O) groups excluding carboxylic acids is 2. The van der Waals surface area contributed by atoms with Crippen LogP contribution in [0.2, 0.25) is 8.87 Å². The van der Waals surface area contributed by atoms with Gasteiger partial charge in [0.2, 0.25) is 0 Å². The van der Waals surface area contributed by atoms with Crippen LogP contribution in [0.1, 0.15) is 39.5 Å². The van der Waals surface area contributed by atoms with Gasteiger partial charge in [0.05, 0.1) is 0 Å². The largest absolute Gasteiger partial charge is 0.373 e. The van der Waals surface area contributed by atoms with E-state index in [4.69, 9.17) is 27.4 Å². The van der Waals surface area contributed by atoms with Crippen molar-refractivity contribution in [3.8, 4) is 0 Å². The molecule has 0 aliphatic rings. The summed E-state index contributed by atoms with van der Waals surface area (Å²) in [5, 5.41) is 0. The van der Waals surface area contributed by atoms with E-state index in [1.54, 1.807) is 0 Å². The van der Waals surface area contributed by atoms with Crippen molar-refractivity contribution in [2.45, 2.75) is 48.4 Å². The summed E-state index contributed by atoms with van der Waals surface area (Å²) in [6, 6.07) is 0. The van der Waals surface area contributed by atoms with E-state index in [-0.39, 0.29) is 6.15 Å². The van der Waals surface area contributed by atoms with E-state index < -0.39 is 16.1 Å². The molecule has 0 fully saturated rings. The number of rotatable bonds is 6. The molecule has 0 rings (SSSR count). The van der Waals surface area contributed by atoms with E-state index in [0.29, 0.717) is 0 Å². The summed E-state index contributed by atoms with van der Waals surface area (Å²) in [6.07, 6.45) is 5.16. The normalized spacial score (nSPS) is 10.0. The molecule has 0 spiro atoms. The van der Waals surface area contributed by atoms with Crippen molar-refractivity contribution in [3.63, 3.8) is 0 Å². The Labute approximate surface area is 97.6 Å². The molecule has 0 bridgehead atoms. The van der Waals surface area contributed by atoms with Crippen molar-refractivity contribution in [1.82, 2.24) is 0 Å². The maximum Gasteiger partial charge on any atom is 0.373 e. The van der Waals surface area contributed by atoms with Gasteiger partial charge in [-0.15, -0.1) is 0 Å². The fourth-order valence-corrected chi connectivity index (χ4v) is 10.3. The zero-order valence-electron chi connectivity index (χ0n) is 8.82. The zero-order valence-corrected chi connectivity index (χ0v) is 13.2. The predicted octanol–water partition coefficient (Wildman–Crippen LogP) is 3.92. The van der Waals surface area contributed by atoms with Crippen LogP contribution in [0.15, 0.2) is 0 Å². The summed E-state index contributed by atoms with van der Waals surface area (Å²) >= 11 is -2.49. The van der Waals surface area contributed by atoms with E-state index in [1.165, 1.54) is 25.7 Å². The molecule has 0 amide bonds. The Morgan fingerprint density at radius 3 is 1.50 bits per heavy atom. The van der Waals surface area contributed by atoms with E-state index in [0.717, 1.165) is 8.87 Å². The van der Waals surface area contributed by atoms with Crippen LogP contribution in [0.4, 0.5) is 0 Å². The Balaban J connectivity index is 0. The molecule has 0 aromatic rings. The van der Waals surface area contributed by atoms with Crippen LogP contribution in [-0.2, 0) is 9.59 Å². The van der Waals surface area contributed by atoms with Gasteiger partial charge < -0.3 is 0 Å². The second-order valence-electron chi connectivity index (χ2n) is 3.15. The molecule has 0 aliphatic heterocycles. The molecular weight excluding hydrogens is 330 g/mol. The summed E-state index contributed by atoms with van der Waals surface area (Å²) in [6.45, 7) is 4.38. The molecule has 0 unspecified atom stereocenters. The molecule has 0 aromatic carbocycles. The maximum atomic E-state index is 8.12. The smallest absolute Gasteiger partial charge is 0.186 e. The minimum atomic E-state index is -2.49. The van der Waals surface area contributed by atoms with Crippen LogP contribution >= 0.6 is 17.8 Å². The van der Waals surface area contributed by atoms with Crippen LogP contribution in [-0.4, -0.2) is 22.3 Å². The van der Waals surface area contributed by atoms with Gasteiger partial charge in [0.15, 0.2) is 0 Å². The average molecular weight is 348 g/mol. The SMILES string of the molecule is CCC[CH2][Sn]([Cl])([Cl])[CH2]CCC.O=C=O. The first-order chi connectivity index (χ1) is 6.54. The number of hydrogen-bond acceptors (Lipinski definition) is 2. The van der Waals surface area contributed by atoms with Gasteiger partial charge in [-0.3, -0.25) is 0 Å². The molecule has 0 aromatic heterocycles. The molecule has 84 valence electrons. The Hall–Kier alpha value is 0.759. The molecule has 0 atom stereocenters. The standard InChI is InChI=1S/2C4H9.CO2.2ClH.Sn/c2*1-3-4-2;2-1-3;;;/h2*1,3-4H2,2H3;;2*1H;/q;;;;;+2/p-2. The van der Waals surface area contributed by atoms with Crippen molar-refractivity contribution in [1.29, 1.82) is 0 Å². The van der Waals surface area contributed by atoms with Crippen LogP contribution in [0.5, 0.6) is 0 Å². The maximum absolute atomic E-state index is 8.12. The van der Waals surface area contributed by atoms with Gasteiger partial charge in [0.1, 0.15) is 0 Å². The number of halogens is 2. The van der Waals surface area contributed by atoms with Crippen molar-refractivity contribution in [3.05, 3.63) is 0 Å². The molecule has 0 saturated heterocycles. The molecule has 0 heterocycles. The fraction of sp³-hybridized carbons (Fsp3) is 0.889.